The van der Waals surface area contributed by atoms with Gasteiger partial charge >= 0.3 is 0 Å². The van der Waals surface area contributed by atoms with Crippen molar-refractivity contribution in [1.29, 1.82) is 0 Å². The Hall–Kier alpha value is -1.28. The summed E-state index contributed by atoms with van der Waals surface area (Å²) in [5.74, 6) is 0.839. The highest BCUT2D eigenvalue weighted by Crippen LogP contribution is 2.25. The van der Waals surface area contributed by atoms with Crippen LogP contribution in [-0.2, 0) is 0 Å². The first-order chi connectivity index (χ1) is 6.68. The van der Waals surface area contributed by atoms with E-state index in [0.29, 0.717) is 0 Å². The Labute approximate surface area is 95.3 Å². The Kier molecular flexibility index (Phi) is 3.53. The zero-order valence-corrected chi connectivity index (χ0v) is 8.89. The first-order valence-corrected chi connectivity index (χ1v) is 4.84. The van der Waals surface area contributed by atoms with Gasteiger partial charge in [0, 0.05) is 11.3 Å². The maximum atomic E-state index is 6.06. The SMILES string of the molecule is C.Cc1nc(-c2ccccc2Cl)[nH]c1C. The number of aryl methyl sites for hydroxylation is 2. The zero-order chi connectivity index (χ0) is 10.1. The molecule has 2 rings (SSSR count). The number of benzene rings is 1. The van der Waals surface area contributed by atoms with E-state index in [0.717, 1.165) is 27.8 Å². The standard InChI is InChI=1S/C11H11ClN2.CH4/c1-7-8(2)14-11(13-7)9-5-3-4-6-10(9)12;/h3-6H,1-2H3,(H,13,14);1H4. The van der Waals surface area contributed by atoms with Crippen LogP contribution in [0.25, 0.3) is 11.4 Å². The molecule has 0 aliphatic carbocycles. The number of aromatic amines is 1. The largest absolute Gasteiger partial charge is 0.342 e. The molecule has 1 aromatic heterocycles. The topological polar surface area (TPSA) is 28.7 Å². The molecular formula is C12H15ClN2. The molecule has 80 valence electrons. The molecular weight excluding hydrogens is 208 g/mol. The molecule has 2 aromatic rings. The minimum atomic E-state index is 0. The fraction of sp³-hybridized carbons (Fsp3) is 0.250. The average molecular weight is 223 g/mol. The predicted octanol–water partition coefficient (Wildman–Crippen LogP) is 3.98. The summed E-state index contributed by atoms with van der Waals surface area (Å²) >= 11 is 6.06. The first-order valence-electron chi connectivity index (χ1n) is 4.46. The molecule has 0 bridgehead atoms. The molecule has 0 saturated carbocycles. The fourth-order valence-corrected chi connectivity index (χ4v) is 1.55. The Morgan fingerprint density at radius 2 is 1.87 bits per heavy atom. The number of hydrogen-bond acceptors (Lipinski definition) is 1. The molecule has 1 aromatic carbocycles. The van der Waals surface area contributed by atoms with Crippen molar-refractivity contribution < 1.29 is 0 Å². The highest BCUT2D eigenvalue weighted by atomic mass is 35.5. The molecule has 1 heterocycles. The third-order valence-corrected chi connectivity index (χ3v) is 2.59. The van der Waals surface area contributed by atoms with Crippen molar-refractivity contribution in [3.63, 3.8) is 0 Å². The van der Waals surface area contributed by atoms with Gasteiger partial charge < -0.3 is 4.98 Å². The smallest absolute Gasteiger partial charge is 0.139 e. The number of rotatable bonds is 1. The van der Waals surface area contributed by atoms with E-state index in [1.807, 2.05) is 38.1 Å². The number of hydrogen-bond donors (Lipinski definition) is 1. The van der Waals surface area contributed by atoms with E-state index in [2.05, 4.69) is 9.97 Å². The van der Waals surface area contributed by atoms with Crippen LogP contribution in [0.3, 0.4) is 0 Å². The third kappa shape index (κ3) is 2.21. The lowest BCUT2D eigenvalue weighted by Gasteiger charge is -1.98. The molecule has 3 heteroatoms. The van der Waals surface area contributed by atoms with Crippen molar-refractivity contribution in [3.05, 3.63) is 40.7 Å². The van der Waals surface area contributed by atoms with Crippen molar-refractivity contribution in [2.75, 3.05) is 0 Å². The summed E-state index contributed by atoms with van der Waals surface area (Å²) in [5.41, 5.74) is 3.05. The molecule has 2 nitrogen and oxygen atoms in total. The third-order valence-electron chi connectivity index (χ3n) is 2.26. The predicted molar refractivity (Wildman–Crippen MR) is 65.2 cm³/mol. The van der Waals surface area contributed by atoms with Gasteiger partial charge in [-0.25, -0.2) is 4.98 Å². The number of halogens is 1. The van der Waals surface area contributed by atoms with Gasteiger partial charge in [-0.15, -0.1) is 0 Å². The van der Waals surface area contributed by atoms with Crippen molar-refractivity contribution in [3.8, 4) is 11.4 Å². The van der Waals surface area contributed by atoms with E-state index in [1.54, 1.807) is 0 Å². The van der Waals surface area contributed by atoms with Gasteiger partial charge in [-0.05, 0) is 26.0 Å². The molecule has 0 aliphatic rings. The summed E-state index contributed by atoms with van der Waals surface area (Å²) in [6, 6.07) is 7.69. The summed E-state index contributed by atoms with van der Waals surface area (Å²) in [7, 11) is 0. The lowest BCUT2D eigenvalue weighted by Crippen LogP contribution is -1.81. The quantitative estimate of drug-likeness (QED) is 0.777. The molecule has 0 aliphatic heterocycles. The highest BCUT2D eigenvalue weighted by Gasteiger charge is 2.07. The van der Waals surface area contributed by atoms with Gasteiger partial charge in [-0.1, -0.05) is 31.2 Å². The van der Waals surface area contributed by atoms with Crippen molar-refractivity contribution in [1.82, 2.24) is 9.97 Å². The Morgan fingerprint density at radius 1 is 1.20 bits per heavy atom. The van der Waals surface area contributed by atoms with Crippen LogP contribution in [0.5, 0.6) is 0 Å². The molecule has 15 heavy (non-hydrogen) atoms. The monoisotopic (exact) mass is 222 g/mol. The van der Waals surface area contributed by atoms with Crippen LogP contribution < -0.4 is 0 Å². The van der Waals surface area contributed by atoms with Crippen molar-refractivity contribution >= 4 is 11.6 Å². The van der Waals surface area contributed by atoms with Gasteiger partial charge in [0.2, 0.25) is 0 Å². The minimum Gasteiger partial charge on any atom is -0.342 e. The maximum Gasteiger partial charge on any atom is 0.139 e. The highest BCUT2D eigenvalue weighted by molar-refractivity contribution is 6.33. The molecule has 0 amide bonds. The normalized spacial score (nSPS) is 9.80. The van der Waals surface area contributed by atoms with Gasteiger partial charge in [0.1, 0.15) is 5.82 Å². The van der Waals surface area contributed by atoms with Crippen LogP contribution in [0.2, 0.25) is 5.02 Å². The summed E-state index contributed by atoms with van der Waals surface area (Å²) < 4.78 is 0. The summed E-state index contributed by atoms with van der Waals surface area (Å²) in [5, 5.41) is 0.723. The van der Waals surface area contributed by atoms with E-state index >= 15 is 0 Å². The maximum absolute atomic E-state index is 6.06. The number of nitrogens with zero attached hydrogens (tertiary/aromatic N) is 1. The summed E-state index contributed by atoms with van der Waals surface area (Å²) in [6.45, 7) is 3.98. The number of H-pyrrole nitrogens is 1. The van der Waals surface area contributed by atoms with Crippen LogP contribution in [0.15, 0.2) is 24.3 Å². The Balaban J connectivity index is 0.00000112. The Bertz CT molecular complexity index is 441. The molecule has 0 spiro atoms. The first kappa shape index (κ1) is 11.8. The Morgan fingerprint density at radius 3 is 2.40 bits per heavy atom. The zero-order valence-electron chi connectivity index (χ0n) is 8.13. The van der Waals surface area contributed by atoms with Crippen molar-refractivity contribution in [2.45, 2.75) is 21.3 Å². The van der Waals surface area contributed by atoms with E-state index in [4.69, 9.17) is 11.6 Å². The molecule has 1 N–H and O–H groups in total. The van der Waals surface area contributed by atoms with Gasteiger partial charge in [-0.2, -0.15) is 0 Å². The van der Waals surface area contributed by atoms with Gasteiger partial charge in [0.05, 0.1) is 10.7 Å². The van der Waals surface area contributed by atoms with Crippen LogP contribution in [-0.4, -0.2) is 9.97 Å². The van der Waals surface area contributed by atoms with E-state index in [9.17, 15) is 0 Å². The molecule has 0 atom stereocenters. The second-order valence-electron chi connectivity index (χ2n) is 3.28. The van der Waals surface area contributed by atoms with Crippen LogP contribution in [0, 0.1) is 13.8 Å². The number of imidazole rings is 1. The second-order valence-corrected chi connectivity index (χ2v) is 3.68. The van der Waals surface area contributed by atoms with Gasteiger partial charge in [-0.3, -0.25) is 0 Å². The molecule has 0 fully saturated rings. The van der Waals surface area contributed by atoms with Gasteiger partial charge in [0.15, 0.2) is 0 Å². The average Bonchev–Trinajstić information content (AvgIpc) is 2.48. The second kappa shape index (κ2) is 4.49. The van der Waals surface area contributed by atoms with E-state index in [1.165, 1.54) is 0 Å². The van der Waals surface area contributed by atoms with Crippen LogP contribution >= 0.6 is 11.6 Å². The van der Waals surface area contributed by atoms with Crippen LogP contribution in [0.1, 0.15) is 18.8 Å². The van der Waals surface area contributed by atoms with Gasteiger partial charge in [0.25, 0.3) is 0 Å². The van der Waals surface area contributed by atoms with Crippen LogP contribution in [0.4, 0.5) is 0 Å². The fourth-order valence-electron chi connectivity index (χ4n) is 1.33. The summed E-state index contributed by atoms with van der Waals surface area (Å²) in [6.07, 6.45) is 0. The van der Waals surface area contributed by atoms with Crippen molar-refractivity contribution in [2.24, 2.45) is 0 Å². The minimum absolute atomic E-state index is 0. The molecule has 0 saturated heterocycles. The van der Waals surface area contributed by atoms with E-state index < -0.39 is 0 Å². The lowest BCUT2D eigenvalue weighted by atomic mass is 10.2. The summed E-state index contributed by atoms with van der Waals surface area (Å²) in [4.78, 5) is 7.61. The molecule has 0 unspecified atom stereocenters. The molecule has 0 radical (unpaired) electrons. The number of aromatic nitrogens is 2. The number of nitrogens with one attached hydrogen (secondary N) is 1. The lowest BCUT2D eigenvalue weighted by molar-refractivity contribution is 1.22. The van der Waals surface area contributed by atoms with E-state index in [-0.39, 0.29) is 7.43 Å².